The third-order valence-corrected chi connectivity index (χ3v) is 4.09. The number of rotatable bonds is 12. The fraction of sp³-hybridized carbons (Fsp3) is 0.824. The van der Waals surface area contributed by atoms with Crippen LogP contribution in [0.1, 0.15) is 84.5 Å². The van der Waals surface area contributed by atoms with Gasteiger partial charge in [-0.25, -0.2) is 0 Å². The van der Waals surface area contributed by atoms with Crippen molar-refractivity contribution in [2.24, 2.45) is 21.4 Å². The Hall–Kier alpha value is -1.19. The van der Waals surface area contributed by atoms with E-state index in [9.17, 15) is 0 Å². The molecule has 0 saturated heterocycles. The van der Waals surface area contributed by atoms with E-state index in [-0.39, 0.29) is 0 Å². The average molecular weight is 292 g/mol. The van der Waals surface area contributed by atoms with Crippen molar-refractivity contribution in [3.8, 4) is 0 Å². The lowest BCUT2D eigenvalue weighted by Gasteiger charge is -2.10. The molecule has 1 atom stereocenters. The molecule has 0 aromatic heterocycles. The number of allylic oxidation sites excluding steroid dienone is 1. The molecular formula is C17H32N4. The molecule has 0 amide bonds. The molecular weight excluding hydrogens is 260 g/mol. The molecule has 120 valence electrons. The first-order chi connectivity index (χ1) is 10.3. The first kappa shape index (κ1) is 17.9. The molecule has 1 unspecified atom stereocenters. The second kappa shape index (κ2) is 12.5. The van der Waals surface area contributed by atoms with Crippen molar-refractivity contribution in [2.75, 3.05) is 0 Å². The van der Waals surface area contributed by atoms with Gasteiger partial charge in [-0.1, -0.05) is 83.3 Å². The normalized spacial score (nSPS) is 15.4. The van der Waals surface area contributed by atoms with Crippen LogP contribution in [-0.2, 0) is 0 Å². The predicted molar refractivity (Wildman–Crippen MR) is 90.2 cm³/mol. The van der Waals surface area contributed by atoms with Gasteiger partial charge in [0.15, 0.2) is 0 Å². The smallest absolute Gasteiger partial charge is 0.0668 e. The maximum Gasteiger partial charge on any atom is 0.0668 e. The zero-order valence-corrected chi connectivity index (χ0v) is 13.9. The van der Waals surface area contributed by atoms with E-state index >= 15 is 0 Å². The predicted octanol–water partition coefficient (Wildman–Crippen LogP) is 5.77. The van der Waals surface area contributed by atoms with Crippen LogP contribution in [0.25, 0.3) is 0 Å². The van der Waals surface area contributed by atoms with E-state index < -0.39 is 0 Å². The first-order valence-corrected chi connectivity index (χ1v) is 8.73. The van der Waals surface area contributed by atoms with Crippen LogP contribution in [-0.4, -0.2) is 5.71 Å². The first-order valence-electron chi connectivity index (χ1n) is 8.73. The minimum Gasteiger partial charge on any atom is -0.179 e. The molecule has 1 aliphatic heterocycles. The van der Waals surface area contributed by atoms with Crippen LogP contribution >= 0.6 is 0 Å². The van der Waals surface area contributed by atoms with E-state index in [2.05, 4.69) is 34.8 Å². The number of hydrazone groups is 1. The molecule has 0 aromatic carbocycles. The summed E-state index contributed by atoms with van der Waals surface area (Å²) < 4.78 is 0. The maximum atomic E-state index is 4.21. The van der Waals surface area contributed by atoms with E-state index in [1.165, 1.54) is 70.6 Å². The van der Waals surface area contributed by atoms with Crippen molar-refractivity contribution >= 4 is 5.71 Å². The highest BCUT2D eigenvalue weighted by Crippen LogP contribution is 2.15. The Balaban J connectivity index is 1.93. The van der Waals surface area contributed by atoms with Crippen LogP contribution in [0.2, 0.25) is 0 Å². The van der Waals surface area contributed by atoms with Gasteiger partial charge in [-0.15, -0.1) is 5.11 Å². The van der Waals surface area contributed by atoms with Crippen LogP contribution in [0, 0.1) is 5.92 Å². The van der Waals surface area contributed by atoms with Crippen molar-refractivity contribution in [1.82, 2.24) is 5.53 Å². The Morgan fingerprint density at radius 3 is 2.24 bits per heavy atom. The molecule has 0 aliphatic carbocycles. The van der Waals surface area contributed by atoms with Gasteiger partial charge in [0.05, 0.1) is 11.9 Å². The quantitative estimate of drug-likeness (QED) is 0.456. The van der Waals surface area contributed by atoms with Crippen molar-refractivity contribution in [3.63, 3.8) is 0 Å². The maximum absolute atomic E-state index is 4.21. The molecule has 1 heterocycles. The zero-order chi connectivity index (χ0) is 15.2. The molecule has 0 aromatic rings. The van der Waals surface area contributed by atoms with E-state index in [1.54, 1.807) is 6.20 Å². The summed E-state index contributed by atoms with van der Waals surface area (Å²) >= 11 is 0. The molecule has 0 radical (unpaired) electrons. The fourth-order valence-corrected chi connectivity index (χ4v) is 2.65. The minimum atomic E-state index is 0.478. The lowest BCUT2D eigenvalue weighted by atomic mass is 9.97. The number of nitrogens with one attached hydrogen (secondary N) is 1. The lowest BCUT2D eigenvalue weighted by Crippen LogP contribution is -2.11. The van der Waals surface area contributed by atoms with Crippen LogP contribution in [0.5, 0.6) is 0 Å². The molecule has 1 N–H and O–H groups in total. The van der Waals surface area contributed by atoms with Gasteiger partial charge in [0.25, 0.3) is 0 Å². The third-order valence-electron chi connectivity index (χ3n) is 4.09. The molecule has 1 aliphatic rings. The topological polar surface area (TPSA) is 49.1 Å². The SMILES string of the molecule is CCCCCCCCCCCCC(C)C1=NNN=NC=C1. The molecule has 21 heavy (non-hydrogen) atoms. The van der Waals surface area contributed by atoms with E-state index in [1.807, 2.05) is 6.08 Å². The van der Waals surface area contributed by atoms with Crippen molar-refractivity contribution in [3.05, 3.63) is 12.3 Å². The number of hydrogen-bond acceptors (Lipinski definition) is 4. The molecule has 0 saturated carbocycles. The summed E-state index contributed by atoms with van der Waals surface area (Å²) in [7, 11) is 0. The summed E-state index contributed by atoms with van der Waals surface area (Å²) in [5.41, 5.74) is 3.65. The second-order valence-electron chi connectivity index (χ2n) is 6.04. The van der Waals surface area contributed by atoms with Crippen LogP contribution in [0.15, 0.2) is 27.7 Å². The van der Waals surface area contributed by atoms with Gasteiger partial charge in [-0.3, -0.25) is 0 Å². The van der Waals surface area contributed by atoms with Crippen molar-refractivity contribution in [2.45, 2.75) is 84.5 Å². The van der Waals surface area contributed by atoms with Gasteiger partial charge in [0.1, 0.15) is 0 Å². The molecule has 0 fully saturated rings. The molecule has 4 nitrogen and oxygen atoms in total. The Kier molecular flexibility index (Phi) is 10.7. The van der Waals surface area contributed by atoms with Crippen LogP contribution in [0.3, 0.4) is 0 Å². The van der Waals surface area contributed by atoms with Gasteiger partial charge < -0.3 is 0 Å². The Morgan fingerprint density at radius 1 is 0.952 bits per heavy atom. The monoisotopic (exact) mass is 292 g/mol. The molecule has 1 rings (SSSR count). The Labute approximate surface area is 130 Å². The van der Waals surface area contributed by atoms with Gasteiger partial charge in [-0.2, -0.15) is 10.6 Å². The molecule has 0 bridgehead atoms. The standard InChI is InChI=1S/C17H32N4/c1-3-4-5-6-7-8-9-10-11-12-13-16(2)17-14-15-18-20-21-19-17/h14-16H,3-13H2,1-2H3,(H,18,21). The summed E-state index contributed by atoms with van der Waals surface area (Å²) in [6, 6.07) is 0. The minimum absolute atomic E-state index is 0.478. The van der Waals surface area contributed by atoms with E-state index in [0.717, 1.165) is 5.71 Å². The summed E-state index contributed by atoms with van der Waals surface area (Å²) in [5, 5.41) is 11.6. The lowest BCUT2D eigenvalue weighted by molar-refractivity contribution is 0.533. The summed E-state index contributed by atoms with van der Waals surface area (Å²) in [4.78, 5) is 0. The number of nitrogens with zero attached hydrogens (tertiary/aromatic N) is 3. The van der Waals surface area contributed by atoms with Crippen molar-refractivity contribution in [1.29, 1.82) is 0 Å². The highest BCUT2D eigenvalue weighted by molar-refractivity contribution is 5.96. The van der Waals surface area contributed by atoms with Crippen LogP contribution < -0.4 is 5.53 Å². The fourth-order valence-electron chi connectivity index (χ4n) is 2.65. The largest absolute Gasteiger partial charge is 0.179 e. The Bertz CT molecular complexity index is 334. The summed E-state index contributed by atoms with van der Waals surface area (Å²) in [6.45, 7) is 4.50. The second-order valence-corrected chi connectivity index (χ2v) is 6.04. The van der Waals surface area contributed by atoms with Gasteiger partial charge in [0.2, 0.25) is 0 Å². The Morgan fingerprint density at radius 2 is 1.57 bits per heavy atom. The number of hydrogen-bond donors (Lipinski definition) is 1. The molecule has 0 spiro atoms. The van der Waals surface area contributed by atoms with E-state index in [4.69, 9.17) is 0 Å². The van der Waals surface area contributed by atoms with Crippen molar-refractivity contribution < 1.29 is 0 Å². The summed E-state index contributed by atoms with van der Waals surface area (Å²) in [6.07, 6.45) is 18.7. The average Bonchev–Trinajstić information content (AvgIpc) is 2.78. The number of unbranched alkanes of at least 4 members (excludes halogenated alkanes) is 9. The van der Waals surface area contributed by atoms with Crippen LogP contribution in [0.4, 0.5) is 0 Å². The van der Waals surface area contributed by atoms with Gasteiger partial charge in [0, 0.05) is 5.92 Å². The molecule has 4 heteroatoms. The van der Waals surface area contributed by atoms with Gasteiger partial charge in [-0.05, 0) is 12.5 Å². The third kappa shape index (κ3) is 9.38. The van der Waals surface area contributed by atoms with Gasteiger partial charge >= 0.3 is 0 Å². The zero-order valence-electron chi connectivity index (χ0n) is 13.9. The highest BCUT2D eigenvalue weighted by Gasteiger charge is 2.08. The highest BCUT2D eigenvalue weighted by atomic mass is 15.6. The summed E-state index contributed by atoms with van der Waals surface area (Å²) in [5.74, 6) is 0.478. The van der Waals surface area contributed by atoms with E-state index in [0.29, 0.717) is 5.92 Å².